The second kappa shape index (κ2) is 5.99. The van der Waals surface area contributed by atoms with Crippen LogP contribution in [0.5, 0.6) is 5.75 Å². The topological polar surface area (TPSA) is 122 Å². The summed E-state index contributed by atoms with van der Waals surface area (Å²) in [4.78, 5) is 22.6. The molecule has 0 saturated carbocycles. The van der Waals surface area contributed by atoms with Gasteiger partial charge in [-0.3, -0.25) is 5.32 Å². The van der Waals surface area contributed by atoms with Crippen molar-refractivity contribution in [2.45, 2.75) is 26.4 Å². The first kappa shape index (κ1) is 16.3. The van der Waals surface area contributed by atoms with Gasteiger partial charge in [-0.1, -0.05) is 5.16 Å². The summed E-state index contributed by atoms with van der Waals surface area (Å²) >= 11 is 0. The van der Waals surface area contributed by atoms with Gasteiger partial charge in [-0.25, -0.2) is 9.59 Å². The molecular weight excluding hydrogens is 304 g/mol. The number of nitrogens with one attached hydrogen (secondary N) is 1. The zero-order valence-corrected chi connectivity index (χ0v) is 12.8. The summed E-state index contributed by atoms with van der Waals surface area (Å²) in [5.41, 5.74) is -0.382. The van der Waals surface area contributed by atoms with Crippen LogP contribution in [0.15, 0.2) is 28.8 Å². The van der Waals surface area contributed by atoms with Crippen LogP contribution in [0.1, 0.15) is 31.3 Å². The Kier molecular flexibility index (Phi) is 4.26. The van der Waals surface area contributed by atoms with E-state index >= 15 is 0 Å². The van der Waals surface area contributed by atoms with Gasteiger partial charge < -0.3 is 19.5 Å². The fourth-order valence-electron chi connectivity index (χ4n) is 1.72. The average molecular weight is 320 g/mol. The number of phenolic OH excluding ortho intramolecular Hbond substituents is 1. The number of carboxylic acids is 1. The Labute approximate surface area is 131 Å². The summed E-state index contributed by atoms with van der Waals surface area (Å²) in [6.45, 7) is 5.14. The molecule has 8 nitrogen and oxygen atoms in total. The van der Waals surface area contributed by atoms with Gasteiger partial charge >= 0.3 is 12.1 Å². The lowest BCUT2D eigenvalue weighted by Crippen LogP contribution is -2.27. The average Bonchev–Trinajstić information content (AvgIpc) is 2.89. The minimum absolute atomic E-state index is 0.102. The number of carbonyl (C=O) groups is 2. The van der Waals surface area contributed by atoms with Gasteiger partial charge in [-0.2, -0.15) is 0 Å². The van der Waals surface area contributed by atoms with E-state index in [1.165, 1.54) is 24.3 Å². The van der Waals surface area contributed by atoms with E-state index in [1.54, 1.807) is 20.8 Å². The number of hydrogen-bond acceptors (Lipinski definition) is 6. The standard InChI is InChI=1S/C15H16N2O6/c1-15(2,3)22-14(21)16-9-6-8(4-5-11(9)18)12-7-10(13(19)20)17-23-12/h4-7,18H,1-3H3,(H,16,21)(H,19,20). The second-order valence-corrected chi connectivity index (χ2v) is 5.74. The number of aromatic carboxylic acids is 1. The Morgan fingerprint density at radius 1 is 1.26 bits per heavy atom. The summed E-state index contributed by atoms with van der Waals surface area (Å²) in [7, 11) is 0. The van der Waals surface area contributed by atoms with Crippen molar-refractivity contribution in [2.75, 3.05) is 5.32 Å². The van der Waals surface area contributed by atoms with E-state index in [0.717, 1.165) is 0 Å². The Hall–Kier alpha value is -3.03. The van der Waals surface area contributed by atoms with Gasteiger partial charge in [0.2, 0.25) is 0 Å². The first-order valence-corrected chi connectivity index (χ1v) is 6.69. The predicted octanol–water partition coefficient (Wildman–Crippen LogP) is 3.09. The van der Waals surface area contributed by atoms with Crippen molar-refractivity contribution < 1.29 is 29.1 Å². The summed E-state index contributed by atoms with van der Waals surface area (Å²) < 4.78 is 10.0. The molecule has 0 atom stereocenters. The summed E-state index contributed by atoms with van der Waals surface area (Å²) in [6.07, 6.45) is -0.728. The number of phenols is 1. The normalized spacial score (nSPS) is 11.1. The fourth-order valence-corrected chi connectivity index (χ4v) is 1.72. The number of aromatic nitrogens is 1. The van der Waals surface area contributed by atoms with Crippen molar-refractivity contribution in [1.29, 1.82) is 0 Å². The number of aromatic hydroxyl groups is 1. The van der Waals surface area contributed by atoms with Crippen molar-refractivity contribution in [3.8, 4) is 17.1 Å². The molecule has 0 fully saturated rings. The number of anilines is 1. The van der Waals surface area contributed by atoms with Gasteiger partial charge in [-0.15, -0.1) is 0 Å². The number of nitrogens with zero attached hydrogens (tertiary/aromatic N) is 1. The molecule has 8 heteroatoms. The number of rotatable bonds is 3. The third-order valence-corrected chi connectivity index (χ3v) is 2.65. The molecule has 1 aromatic heterocycles. The first-order valence-electron chi connectivity index (χ1n) is 6.69. The van der Waals surface area contributed by atoms with Crippen LogP contribution in [0.4, 0.5) is 10.5 Å². The van der Waals surface area contributed by atoms with Crippen LogP contribution < -0.4 is 5.32 Å². The van der Waals surface area contributed by atoms with E-state index in [2.05, 4.69) is 10.5 Å². The van der Waals surface area contributed by atoms with E-state index in [0.29, 0.717) is 5.56 Å². The third kappa shape index (κ3) is 4.22. The summed E-state index contributed by atoms with van der Waals surface area (Å²) in [6, 6.07) is 5.50. The number of carboxylic acid groups (broad SMARTS) is 1. The summed E-state index contributed by atoms with van der Waals surface area (Å²) in [5, 5.41) is 24.5. The molecule has 23 heavy (non-hydrogen) atoms. The minimum Gasteiger partial charge on any atom is -0.506 e. The lowest BCUT2D eigenvalue weighted by Gasteiger charge is -2.20. The van der Waals surface area contributed by atoms with Gasteiger partial charge in [0.1, 0.15) is 11.4 Å². The van der Waals surface area contributed by atoms with Gasteiger partial charge in [0, 0.05) is 11.6 Å². The lowest BCUT2D eigenvalue weighted by molar-refractivity contribution is 0.0633. The van der Waals surface area contributed by atoms with Crippen molar-refractivity contribution in [3.05, 3.63) is 30.0 Å². The van der Waals surface area contributed by atoms with Crippen LogP contribution in [0.25, 0.3) is 11.3 Å². The highest BCUT2D eigenvalue weighted by Crippen LogP contribution is 2.30. The molecule has 1 aromatic carbocycles. The molecule has 0 aliphatic rings. The van der Waals surface area contributed by atoms with Crippen LogP contribution in [0, 0.1) is 0 Å². The molecule has 0 spiro atoms. The summed E-state index contributed by atoms with van der Waals surface area (Å²) in [5.74, 6) is -1.20. The molecule has 3 N–H and O–H groups in total. The van der Waals surface area contributed by atoms with Crippen LogP contribution in [-0.2, 0) is 4.74 Å². The molecule has 0 radical (unpaired) electrons. The molecule has 0 saturated heterocycles. The number of ether oxygens (including phenoxy) is 1. The van der Waals surface area contributed by atoms with E-state index in [1.807, 2.05) is 0 Å². The van der Waals surface area contributed by atoms with Crippen LogP contribution >= 0.6 is 0 Å². The maximum atomic E-state index is 11.8. The molecule has 1 heterocycles. The Balaban J connectivity index is 2.24. The monoisotopic (exact) mass is 320 g/mol. The Morgan fingerprint density at radius 2 is 1.96 bits per heavy atom. The molecule has 2 aromatic rings. The van der Waals surface area contributed by atoms with Crippen LogP contribution in [-0.4, -0.2) is 33.0 Å². The van der Waals surface area contributed by atoms with Crippen molar-refractivity contribution in [2.24, 2.45) is 0 Å². The number of amides is 1. The van der Waals surface area contributed by atoms with E-state index in [-0.39, 0.29) is 22.9 Å². The minimum atomic E-state index is -1.22. The highest BCUT2D eigenvalue weighted by Gasteiger charge is 2.18. The number of hydrogen-bond donors (Lipinski definition) is 3. The maximum absolute atomic E-state index is 11.8. The molecule has 0 aliphatic carbocycles. The van der Waals surface area contributed by atoms with Gasteiger partial charge in [0.25, 0.3) is 0 Å². The first-order chi connectivity index (χ1) is 10.7. The Morgan fingerprint density at radius 3 is 2.52 bits per heavy atom. The third-order valence-electron chi connectivity index (χ3n) is 2.65. The van der Waals surface area contributed by atoms with E-state index in [4.69, 9.17) is 14.4 Å². The zero-order chi connectivity index (χ0) is 17.2. The molecule has 122 valence electrons. The van der Waals surface area contributed by atoms with Crippen molar-refractivity contribution >= 4 is 17.7 Å². The highest BCUT2D eigenvalue weighted by atomic mass is 16.6. The smallest absolute Gasteiger partial charge is 0.412 e. The second-order valence-electron chi connectivity index (χ2n) is 5.74. The largest absolute Gasteiger partial charge is 0.506 e. The predicted molar refractivity (Wildman–Crippen MR) is 80.4 cm³/mol. The lowest BCUT2D eigenvalue weighted by atomic mass is 10.1. The van der Waals surface area contributed by atoms with Gasteiger partial charge in [-0.05, 0) is 39.0 Å². The highest BCUT2D eigenvalue weighted by molar-refractivity contribution is 5.89. The molecule has 2 rings (SSSR count). The van der Waals surface area contributed by atoms with Gasteiger partial charge in [0.05, 0.1) is 5.69 Å². The zero-order valence-electron chi connectivity index (χ0n) is 12.8. The van der Waals surface area contributed by atoms with E-state index in [9.17, 15) is 14.7 Å². The van der Waals surface area contributed by atoms with E-state index < -0.39 is 17.7 Å². The van der Waals surface area contributed by atoms with Crippen molar-refractivity contribution in [1.82, 2.24) is 5.16 Å². The van der Waals surface area contributed by atoms with Crippen molar-refractivity contribution in [3.63, 3.8) is 0 Å². The Bertz CT molecular complexity index is 745. The fraction of sp³-hybridized carbons (Fsp3) is 0.267. The van der Waals surface area contributed by atoms with Gasteiger partial charge in [0.15, 0.2) is 11.5 Å². The maximum Gasteiger partial charge on any atom is 0.412 e. The van der Waals surface area contributed by atoms with Crippen LogP contribution in [0.2, 0.25) is 0 Å². The quantitative estimate of drug-likeness (QED) is 0.743. The number of carbonyl (C=O) groups excluding carboxylic acids is 1. The van der Waals surface area contributed by atoms with Crippen LogP contribution in [0.3, 0.4) is 0 Å². The molecule has 1 amide bonds. The molecule has 0 aliphatic heterocycles. The SMILES string of the molecule is CC(C)(C)OC(=O)Nc1cc(-c2cc(C(=O)O)no2)ccc1O. The molecule has 0 bridgehead atoms. The molecule has 0 unspecified atom stereocenters. The molecular formula is C15H16N2O6. The number of benzene rings is 1.